The summed E-state index contributed by atoms with van der Waals surface area (Å²) in [6.45, 7) is 5.72. The predicted octanol–water partition coefficient (Wildman–Crippen LogP) is 3.71. The number of hydrogen-bond donors (Lipinski definition) is 2. The van der Waals surface area contributed by atoms with Gasteiger partial charge in [-0.1, -0.05) is 18.2 Å². The van der Waals surface area contributed by atoms with E-state index < -0.39 is 5.95 Å². The van der Waals surface area contributed by atoms with E-state index in [1.807, 2.05) is 38.4 Å². The fourth-order valence-corrected chi connectivity index (χ4v) is 5.10. The van der Waals surface area contributed by atoms with Crippen LogP contribution in [0.25, 0.3) is 22.3 Å². The molecule has 1 aromatic heterocycles. The maximum atomic E-state index is 15.2. The number of anilines is 2. The van der Waals surface area contributed by atoms with E-state index in [1.165, 1.54) is 0 Å². The largest absolute Gasteiger partial charge is 0.383 e. The molecule has 0 bridgehead atoms. The number of nitrogen functional groups attached to an aromatic ring is 1. The molecule has 1 atom stereocenters. The molecule has 0 radical (unpaired) electrons. The lowest BCUT2D eigenvalue weighted by atomic mass is 9.93. The number of pyridine rings is 1. The first-order valence-electron chi connectivity index (χ1n) is 12.3. The number of fused-ring (bicyclic) bond motifs is 1. The number of aromatic nitrogens is 1. The highest BCUT2D eigenvalue weighted by Crippen LogP contribution is 2.35. The molecule has 2 aliphatic heterocycles. The fraction of sp³-hybridized carbons (Fsp3) is 0.357. The molecule has 3 heterocycles. The van der Waals surface area contributed by atoms with Crippen molar-refractivity contribution < 1.29 is 13.9 Å². The van der Waals surface area contributed by atoms with Crippen LogP contribution in [0.15, 0.2) is 42.5 Å². The minimum absolute atomic E-state index is 0.0723. The first-order chi connectivity index (χ1) is 17.3. The third-order valence-corrected chi connectivity index (χ3v) is 6.81. The quantitative estimate of drug-likeness (QED) is 0.532. The Hall–Kier alpha value is -3.49. The van der Waals surface area contributed by atoms with E-state index in [0.29, 0.717) is 29.8 Å². The summed E-state index contributed by atoms with van der Waals surface area (Å²) in [6.07, 6.45) is 0.904. The van der Waals surface area contributed by atoms with Crippen molar-refractivity contribution in [1.82, 2.24) is 15.2 Å². The summed E-state index contributed by atoms with van der Waals surface area (Å²) in [6, 6.07) is 13.4. The fourth-order valence-electron chi connectivity index (χ4n) is 5.10. The monoisotopic (exact) mass is 489 g/mol. The van der Waals surface area contributed by atoms with Crippen molar-refractivity contribution >= 4 is 17.4 Å². The van der Waals surface area contributed by atoms with E-state index >= 15 is 4.39 Å². The summed E-state index contributed by atoms with van der Waals surface area (Å²) in [4.78, 5) is 20.6. The Kier molecular flexibility index (Phi) is 6.64. The van der Waals surface area contributed by atoms with Crippen molar-refractivity contribution in [3.05, 3.63) is 65.1 Å². The van der Waals surface area contributed by atoms with E-state index in [-0.39, 0.29) is 17.8 Å². The van der Waals surface area contributed by atoms with E-state index in [4.69, 9.17) is 10.5 Å². The van der Waals surface area contributed by atoms with Crippen molar-refractivity contribution in [3.63, 3.8) is 0 Å². The molecule has 36 heavy (non-hydrogen) atoms. The molecule has 3 N–H and O–H groups in total. The highest BCUT2D eigenvalue weighted by atomic mass is 19.1. The van der Waals surface area contributed by atoms with Gasteiger partial charge < -0.3 is 25.6 Å². The second-order valence-electron chi connectivity index (χ2n) is 9.85. The van der Waals surface area contributed by atoms with E-state index in [9.17, 15) is 4.79 Å². The van der Waals surface area contributed by atoms with Gasteiger partial charge in [-0.2, -0.15) is 4.39 Å². The highest BCUT2D eigenvalue weighted by Gasteiger charge is 2.22. The molecule has 0 unspecified atom stereocenters. The van der Waals surface area contributed by atoms with Crippen LogP contribution in [-0.4, -0.2) is 62.2 Å². The number of nitrogens with zero attached hydrogens (tertiary/aromatic N) is 3. The number of nitrogens with two attached hydrogens (primary N) is 1. The number of amides is 1. The van der Waals surface area contributed by atoms with Crippen LogP contribution in [-0.2, 0) is 17.7 Å². The van der Waals surface area contributed by atoms with Gasteiger partial charge in [0.05, 0.1) is 12.7 Å². The lowest BCUT2D eigenvalue weighted by Crippen LogP contribution is -2.41. The number of morpholine rings is 1. The maximum absolute atomic E-state index is 15.2. The third kappa shape index (κ3) is 4.79. The van der Waals surface area contributed by atoms with Crippen LogP contribution in [0.4, 0.5) is 15.9 Å². The Balaban J connectivity index is 1.56. The summed E-state index contributed by atoms with van der Waals surface area (Å²) in [7, 11) is 4.05. The third-order valence-electron chi connectivity index (χ3n) is 6.81. The molecule has 1 fully saturated rings. The van der Waals surface area contributed by atoms with Gasteiger partial charge in [-0.05, 0) is 74.0 Å². The zero-order chi connectivity index (χ0) is 25.4. The van der Waals surface area contributed by atoms with Gasteiger partial charge in [0.15, 0.2) is 0 Å². The van der Waals surface area contributed by atoms with Crippen LogP contribution in [0.3, 0.4) is 0 Å². The summed E-state index contributed by atoms with van der Waals surface area (Å²) in [5.74, 6) is -0.544. The van der Waals surface area contributed by atoms with Crippen molar-refractivity contribution in [2.24, 2.45) is 0 Å². The molecule has 0 saturated carbocycles. The van der Waals surface area contributed by atoms with Crippen molar-refractivity contribution in [1.29, 1.82) is 0 Å². The minimum atomic E-state index is -0.600. The summed E-state index contributed by atoms with van der Waals surface area (Å²) in [5, 5.41) is 2.86. The summed E-state index contributed by atoms with van der Waals surface area (Å²) in [5.41, 5.74) is 12.7. The van der Waals surface area contributed by atoms with Gasteiger partial charge in [-0.3, -0.25) is 4.79 Å². The standard InChI is InChI=1S/C28H32FN5O2/c1-17-15-34(10-11-36-17)25-7-5-18(13-21(25)16-33(2)3)23-14-24(27(30)32-26(23)29)19-4-6-22-20(12-19)8-9-31-28(22)35/h4-7,12-14,17H,8-11,15-16H2,1-3H3,(H2,30,32)(H,31,35)/t17-/m1/s1. The number of ether oxygens (including phenoxy) is 1. The average molecular weight is 490 g/mol. The van der Waals surface area contributed by atoms with E-state index in [1.54, 1.807) is 12.1 Å². The SMILES string of the molecule is C[C@@H]1CN(c2ccc(-c3cc(-c4ccc5c(c4)CCNC5=O)c(N)nc3F)cc2CN(C)C)CCO1. The number of halogens is 1. The molecule has 1 saturated heterocycles. The Labute approximate surface area is 211 Å². The molecule has 0 aliphatic carbocycles. The predicted molar refractivity (Wildman–Crippen MR) is 141 cm³/mol. The number of hydrogen-bond acceptors (Lipinski definition) is 6. The summed E-state index contributed by atoms with van der Waals surface area (Å²) < 4.78 is 20.9. The van der Waals surface area contributed by atoms with Crippen LogP contribution >= 0.6 is 0 Å². The van der Waals surface area contributed by atoms with Gasteiger partial charge in [0.25, 0.3) is 5.91 Å². The van der Waals surface area contributed by atoms with Gasteiger partial charge in [0.1, 0.15) is 5.82 Å². The zero-order valence-corrected chi connectivity index (χ0v) is 21.0. The van der Waals surface area contributed by atoms with Crippen molar-refractivity contribution in [2.45, 2.75) is 26.0 Å². The van der Waals surface area contributed by atoms with E-state index in [0.717, 1.165) is 54.0 Å². The van der Waals surface area contributed by atoms with Crippen LogP contribution in [0.5, 0.6) is 0 Å². The second-order valence-corrected chi connectivity index (χ2v) is 9.85. The molecule has 7 nitrogen and oxygen atoms in total. The molecular formula is C28H32FN5O2. The Bertz CT molecular complexity index is 1310. The van der Waals surface area contributed by atoms with Gasteiger partial charge in [-0.25, -0.2) is 4.98 Å². The van der Waals surface area contributed by atoms with Crippen LogP contribution in [0, 0.1) is 5.95 Å². The van der Waals surface area contributed by atoms with Crippen molar-refractivity contribution in [2.75, 3.05) is 51.0 Å². The Morgan fingerprint density at radius 2 is 1.92 bits per heavy atom. The minimum Gasteiger partial charge on any atom is -0.383 e. The van der Waals surface area contributed by atoms with Crippen molar-refractivity contribution in [3.8, 4) is 22.3 Å². The molecule has 5 rings (SSSR count). The molecule has 188 valence electrons. The molecule has 0 spiro atoms. The van der Waals surface area contributed by atoms with Crippen LogP contribution < -0.4 is 16.0 Å². The maximum Gasteiger partial charge on any atom is 0.251 e. The van der Waals surface area contributed by atoms with Gasteiger partial charge in [-0.15, -0.1) is 0 Å². The molecule has 3 aromatic rings. The lowest BCUT2D eigenvalue weighted by molar-refractivity contribution is 0.0531. The number of carbonyl (C=O) groups is 1. The first kappa shape index (κ1) is 24.2. The molecular weight excluding hydrogens is 457 g/mol. The topological polar surface area (TPSA) is 83.7 Å². The molecule has 2 aliphatic rings. The van der Waals surface area contributed by atoms with Gasteiger partial charge >= 0.3 is 0 Å². The summed E-state index contributed by atoms with van der Waals surface area (Å²) >= 11 is 0. The molecule has 2 aromatic carbocycles. The van der Waals surface area contributed by atoms with Gasteiger partial charge in [0, 0.05) is 48.6 Å². The normalized spacial score (nSPS) is 17.8. The van der Waals surface area contributed by atoms with Gasteiger partial charge in [0.2, 0.25) is 5.95 Å². The number of rotatable bonds is 5. The molecule has 1 amide bonds. The number of carbonyl (C=O) groups excluding carboxylic acids is 1. The smallest absolute Gasteiger partial charge is 0.251 e. The molecule has 8 heteroatoms. The highest BCUT2D eigenvalue weighted by molar-refractivity contribution is 5.97. The average Bonchev–Trinajstić information content (AvgIpc) is 2.84. The first-order valence-corrected chi connectivity index (χ1v) is 12.3. The Morgan fingerprint density at radius 3 is 2.69 bits per heavy atom. The number of nitrogens with one attached hydrogen (secondary N) is 1. The van der Waals surface area contributed by atoms with E-state index in [2.05, 4.69) is 33.1 Å². The van der Waals surface area contributed by atoms with Crippen LogP contribution in [0.1, 0.15) is 28.4 Å². The lowest BCUT2D eigenvalue weighted by Gasteiger charge is -2.34. The Morgan fingerprint density at radius 1 is 1.14 bits per heavy atom. The number of benzene rings is 2. The van der Waals surface area contributed by atoms with Crippen LogP contribution in [0.2, 0.25) is 0 Å². The zero-order valence-electron chi connectivity index (χ0n) is 21.0. The second kappa shape index (κ2) is 9.87.